The number of benzene rings is 3. The molecule has 34 heavy (non-hydrogen) atoms. The third-order valence-electron chi connectivity index (χ3n) is 6.87. The monoisotopic (exact) mass is 530 g/mol. The largest absolute Gasteiger partial charge is 0.323 e. The minimum atomic E-state index is -0.184. The first kappa shape index (κ1) is 26.6. The average Bonchev–Trinajstić information content (AvgIpc) is 3.22. The SMILES string of the molecule is CC.O=C(Nc1ccccc1)Nc1cccc2c1C[N+]1(CCC(Cc3c[c-]ccc3)CC1)C2.[Y]. The topological polar surface area (TPSA) is 41.1 Å². The van der Waals surface area contributed by atoms with Crippen LogP contribution in [0.5, 0.6) is 0 Å². The van der Waals surface area contributed by atoms with Crippen LogP contribution in [0.15, 0.2) is 72.8 Å². The Bertz CT molecular complexity index is 1050. The van der Waals surface area contributed by atoms with Gasteiger partial charge in [-0.15, -0.1) is 0 Å². The maximum atomic E-state index is 12.5. The predicted molar refractivity (Wildman–Crippen MR) is 136 cm³/mol. The first-order valence-corrected chi connectivity index (χ1v) is 12.2. The van der Waals surface area contributed by atoms with Crippen LogP contribution in [0.25, 0.3) is 0 Å². The van der Waals surface area contributed by atoms with Gasteiger partial charge in [0.15, 0.2) is 0 Å². The van der Waals surface area contributed by atoms with E-state index >= 15 is 0 Å². The molecular weight excluding hydrogens is 495 g/mol. The van der Waals surface area contributed by atoms with E-state index in [1.54, 1.807) is 0 Å². The Labute approximate surface area is 229 Å². The molecular formula is C29H35N3OY. The number of quaternary nitrogens is 1. The molecule has 2 amide bonds. The maximum absolute atomic E-state index is 12.5. The summed E-state index contributed by atoms with van der Waals surface area (Å²) in [5.41, 5.74) is 5.84. The molecule has 0 saturated carbocycles. The van der Waals surface area contributed by atoms with Gasteiger partial charge >= 0.3 is 6.03 Å². The van der Waals surface area contributed by atoms with Crippen molar-refractivity contribution in [1.82, 2.24) is 0 Å². The summed E-state index contributed by atoms with van der Waals surface area (Å²) in [5, 5.41) is 6.01. The van der Waals surface area contributed by atoms with Crippen LogP contribution in [0, 0.1) is 12.0 Å². The van der Waals surface area contributed by atoms with Gasteiger partial charge < -0.3 is 15.1 Å². The molecule has 0 aliphatic carbocycles. The number of fused-ring (bicyclic) bond motifs is 1. The van der Waals surface area contributed by atoms with Gasteiger partial charge in [-0.1, -0.05) is 50.6 Å². The molecule has 3 aromatic rings. The second kappa shape index (κ2) is 12.6. The molecule has 3 aromatic carbocycles. The minimum Gasteiger partial charge on any atom is -0.316 e. The van der Waals surface area contributed by atoms with E-state index in [0.717, 1.165) is 41.3 Å². The third-order valence-corrected chi connectivity index (χ3v) is 6.87. The van der Waals surface area contributed by atoms with Crippen molar-refractivity contribution in [3.05, 3.63) is 95.6 Å². The molecule has 2 heterocycles. The van der Waals surface area contributed by atoms with Crippen molar-refractivity contribution in [3.8, 4) is 0 Å². The van der Waals surface area contributed by atoms with E-state index in [0.29, 0.717) is 0 Å². The number of hydrogen-bond acceptors (Lipinski definition) is 1. The van der Waals surface area contributed by atoms with Crippen molar-refractivity contribution in [2.24, 2.45) is 5.92 Å². The van der Waals surface area contributed by atoms with Crippen LogP contribution in [-0.2, 0) is 52.2 Å². The van der Waals surface area contributed by atoms with E-state index in [-0.39, 0.29) is 38.7 Å². The number of carbonyl (C=O) groups is 1. The number of hydrogen-bond donors (Lipinski definition) is 2. The van der Waals surface area contributed by atoms with E-state index in [1.807, 2.05) is 56.3 Å². The van der Waals surface area contributed by atoms with E-state index in [9.17, 15) is 4.79 Å². The standard InChI is InChI=1S/C27H29N3O.C2H6.Y/c31-27(28-24-11-5-2-6-12-24)29-26-13-7-10-23-19-30(20-25(23)26)16-14-22(15-17-30)18-21-8-3-1-4-9-21;1-2;/h1-3,5-13,22H,14-20H2,(H2,28,29,31);1-2H3;. The molecule has 0 bridgehead atoms. The van der Waals surface area contributed by atoms with E-state index < -0.39 is 0 Å². The van der Waals surface area contributed by atoms with Gasteiger partial charge in [0.2, 0.25) is 0 Å². The van der Waals surface area contributed by atoms with Gasteiger partial charge in [-0.2, -0.15) is 35.9 Å². The summed E-state index contributed by atoms with van der Waals surface area (Å²) in [5.74, 6) is 0.762. The van der Waals surface area contributed by atoms with Gasteiger partial charge in [-0.05, 0) is 37.0 Å². The fourth-order valence-electron chi connectivity index (χ4n) is 5.23. The van der Waals surface area contributed by atoms with E-state index in [4.69, 9.17) is 0 Å². The van der Waals surface area contributed by atoms with Crippen molar-refractivity contribution in [2.45, 2.75) is 46.2 Å². The van der Waals surface area contributed by atoms with Crippen LogP contribution in [0.2, 0.25) is 0 Å². The first-order valence-electron chi connectivity index (χ1n) is 12.2. The number of anilines is 2. The number of urea groups is 1. The van der Waals surface area contributed by atoms with Gasteiger partial charge in [0, 0.05) is 49.5 Å². The second-order valence-electron chi connectivity index (χ2n) is 9.05. The summed E-state index contributed by atoms with van der Waals surface area (Å²) in [6.45, 7) is 8.52. The summed E-state index contributed by atoms with van der Waals surface area (Å²) < 4.78 is 1.13. The van der Waals surface area contributed by atoms with Gasteiger partial charge in [0.05, 0.1) is 18.8 Å². The molecule has 2 aliphatic rings. The van der Waals surface area contributed by atoms with Crippen molar-refractivity contribution in [2.75, 3.05) is 23.7 Å². The van der Waals surface area contributed by atoms with E-state index in [2.05, 4.69) is 47.0 Å². The van der Waals surface area contributed by atoms with Crippen LogP contribution < -0.4 is 10.6 Å². The molecule has 2 N–H and O–H groups in total. The van der Waals surface area contributed by atoms with Gasteiger partial charge in [0.25, 0.3) is 0 Å². The molecule has 5 rings (SSSR count). The van der Waals surface area contributed by atoms with Crippen LogP contribution >= 0.6 is 0 Å². The number of nitrogens with one attached hydrogen (secondary N) is 2. The smallest absolute Gasteiger partial charge is 0.316 e. The predicted octanol–water partition coefficient (Wildman–Crippen LogP) is 6.64. The molecule has 0 unspecified atom stereocenters. The minimum absolute atomic E-state index is 0. The molecule has 1 saturated heterocycles. The number of amides is 2. The zero-order valence-electron chi connectivity index (χ0n) is 20.4. The Hall–Kier alpha value is -2.01. The zero-order valence-corrected chi connectivity index (χ0v) is 23.2. The molecule has 175 valence electrons. The molecule has 1 spiro atoms. The number of nitrogens with zero attached hydrogens (tertiary/aromatic N) is 1. The summed E-state index contributed by atoms with van der Waals surface area (Å²) in [6.07, 6.45) is 3.69. The van der Waals surface area contributed by atoms with Crippen molar-refractivity contribution in [3.63, 3.8) is 0 Å². The normalized spacial score (nSPS) is 20.4. The van der Waals surface area contributed by atoms with Crippen LogP contribution in [0.1, 0.15) is 43.4 Å². The van der Waals surface area contributed by atoms with Gasteiger partial charge in [0.1, 0.15) is 13.1 Å². The Morgan fingerprint density at radius 1 is 0.941 bits per heavy atom. The third kappa shape index (κ3) is 6.56. The van der Waals surface area contributed by atoms with Crippen LogP contribution in [0.3, 0.4) is 0 Å². The molecule has 1 radical (unpaired) electrons. The molecule has 2 aliphatic heterocycles. The first-order chi connectivity index (χ1) is 16.2. The van der Waals surface area contributed by atoms with Crippen molar-refractivity contribution in [1.29, 1.82) is 0 Å². The Morgan fingerprint density at radius 2 is 1.71 bits per heavy atom. The van der Waals surface area contributed by atoms with Crippen molar-refractivity contribution < 1.29 is 42.0 Å². The van der Waals surface area contributed by atoms with E-state index in [1.165, 1.54) is 42.6 Å². The summed E-state index contributed by atoms with van der Waals surface area (Å²) in [4.78, 5) is 12.5. The Morgan fingerprint density at radius 3 is 2.41 bits per heavy atom. The molecule has 5 heteroatoms. The van der Waals surface area contributed by atoms with Gasteiger partial charge in [-0.25, -0.2) is 4.79 Å². The number of para-hydroxylation sites is 1. The van der Waals surface area contributed by atoms with Crippen molar-refractivity contribution >= 4 is 17.4 Å². The fraction of sp³-hybridized carbons (Fsp3) is 0.345. The Balaban J connectivity index is 0.00000105. The second-order valence-corrected chi connectivity index (χ2v) is 9.05. The molecule has 1 fully saturated rings. The van der Waals surface area contributed by atoms with Crippen LogP contribution in [0.4, 0.5) is 16.2 Å². The number of piperidine rings is 1. The zero-order chi connectivity index (χ0) is 23.1. The van der Waals surface area contributed by atoms with Crippen LogP contribution in [-0.4, -0.2) is 23.6 Å². The molecule has 0 aromatic heterocycles. The summed E-state index contributed by atoms with van der Waals surface area (Å²) in [6, 6.07) is 27.3. The molecule has 0 atom stereocenters. The quantitative estimate of drug-likeness (QED) is 0.288. The summed E-state index contributed by atoms with van der Waals surface area (Å²) in [7, 11) is 0. The fourth-order valence-corrected chi connectivity index (χ4v) is 5.23. The maximum Gasteiger partial charge on any atom is 0.323 e. The average molecular weight is 531 g/mol. The number of rotatable bonds is 4. The summed E-state index contributed by atoms with van der Waals surface area (Å²) >= 11 is 0. The number of carbonyl (C=O) groups excluding carboxylic acids is 1. The molecule has 4 nitrogen and oxygen atoms in total. The Kier molecular flexibility index (Phi) is 9.88. The van der Waals surface area contributed by atoms with Gasteiger partial charge in [-0.3, -0.25) is 0 Å².